The second kappa shape index (κ2) is 9.18. The average Bonchev–Trinajstić information content (AvgIpc) is 3.10. The van der Waals surface area contributed by atoms with Crippen LogP contribution in [0.3, 0.4) is 0 Å². The molecule has 5 nitrogen and oxygen atoms in total. The van der Waals surface area contributed by atoms with Crippen molar-refractivity contribution < 1.29 is 19.4 Å². The molecular formula is C29H29NO4. The summed E-state index contributed by atoms with van der Waals surface area (Å²) in [5.41, 5.74) is 2.54. The third-order valence-electron chi connectivity index (χ3n) is 5.95. The van der Waals surface area contributed by atoms with Crippen LogP contribution in [-0.4, -0.2) is 23.4 Å². The van der Waals surface area contributed by atoms with Crippen LogP contribution in [0.5, 0.6) is 5.75 Å². The summed E-state index contributed by atoms with van der Waals surface area (Å²) in [6.45, 7) is 8.63. The van der Waals surface area contributed by atoms with E-state index in [2.05, 4.69) is 20.8 Å². The van der Waals surface area contributed by atoms with Crippen LogP contribution in [0.2, 0.25) is 0 Å². The summed E-state index contributed by atoms with van der Waals surface area (Å²) in [4.78, 5) is 28.0. The number of benzene rings is 3. The molecule has 1 amide bonds. The SMILES string of the molecule is CCOc1ccc(/C(O)=C2/C(=O)C(=O)N(c3ccccc3)C2c2ccccc2)cc1C(C)(C)C. The van der Waals surface area contributed by atoms with E-state index in [0.717, 1.165) is 16.9 Å². The van der Waals surface area contributed by atoms with Gasteiger partial charge in [0.1, 0.15) is 11.5 Å². The minimum atomic E-state index is -0.742. The maximum absolute atomic E-state index is 13.3. The predicted octanol–water partition coefficient (Wildman–Crippen LogP) is 6.01. The van der Waals surface area contributed by atoms with Crippen molar-refractivity contribution in [2.45, 2.75) is 39.2 Å². The zero-order chi connectivity index (χ0) is 24.5. The zero-order valence-electron chi connectivity index (χ0n) is 19.9. The number of para-hydroxylation sites is 1. The van der Waals surface area contributed by atoms with E-state index in [1.54, 1.807) is 18.2 Å². The highest BCUT2D eigenvalue weighted by atomic mass is 16.5. The van der Waals surface area contributed by atoms with Gasteiger partial charge in [-0.15, -0.1) is 0 Å². The van der Waals surface area contributed by atoms with Crippen LogP contribution in [-0.2, 0) is 15.0 Å². The van der Waals surface area contributed by atoms with Crippen molar-refractivity contribution in [3.05, 3.63) is 101 Å². The molecule has 1 atom stereocenters. The summed E-state index contributed by atoms with van der Waals surface area (Å²) < 4.78 is 5.80. The summed E-state index contributed by atoms with van der Waals surface area (Å²) in [6.07, 6.45) is 0. The van der Waals surface area contributed by atoms with Crippen molar-refractivity contribution in [1.29, 1.82) is 0 Å². The quantitative estimate of drug-likeness (QED) is 0.291. The Bertz CT molecular complexity index is 1240. The van der Waals surface area contributed by atoms with Crippen molar-refractivity contribution in [2.75, 3.05) is 11.5 Å². The molecule has 3 aromatic carbocycles. The molecule has 1 heterocycles. The monoisotopic (exact) mass is 455 g/mol. The molecule has 1 fully saturated rings. The van der Waals surface area contributed by atoms with E-state index in [4.69, 9.17) is 4.74 Å². The van der Waals surface area contributed by atoms with Crippen molar-refractivity contribution in [3.8, 4) is 5.75 Å². The molecule has 0 aromatic heterocycles. The van der Waals surface area contributed by atoms with E-state index < -0.39 is 17.7 Å². The van der Waals surface area contributed by atoms with Crippen molar-refractivity contribution in [1.82, 2.24) is 0 Å². The smallest absolute Gasteiger partial charge is 0.300 e. The molecule has 1 N–H and O–H groups in total. The zero-order valence-corrected chi connectivity index (χ0v) is 19.9. The summed E-state index contributed by atoms with van der Waals surface area (Å²) in [5, 5.41) is 11.5. The van der Waals surface area contributed by atoms with Gasteiger partial charge in [0, 0.05) is 16.8 Å². The Labute approximate surface area is 200 Å². The van der Waals surface area contributed by atoms with E-state index in [9.17, 15) is 14.7 Å². The number of amides is 1. The maximum Gasteiger partial charge on any atom is 0.300 e. The molecule has 4 rings (SSSR count). The lowest BCUT2D eigenvalue weighted by Gasteiger charge is -2.26. The van der Waals surface area contributed by atoms with Gasteiger partial charge in [-0.25, -0.2) is 0 Å². The number of anilines is 1. The first kappa shape index (κ1) is 23.3. The van der Waals surface area contributed by atoms with Gasteiger partial charge in [-0.3, -0.25) is 14.5 Å². The third-order valence-corrected chi connectivity index (χ3v) is 5.95. The van der Waals surface area contributed by atoms with E-state index in [1.165, 1.54) is 4.90 Å². The van der Waals surface area contributed by atoms with E-state index in [1.807, 2.05) is 67.6 Å². The van der Waals surface area contributed by atoms with Crippen LogP contribution >= 0.6 is 0 Å². The lowest BCUT2D eigenvalue weighted by atomic mass is 9.84. The number of aliphatic hydroxyl groups excluding tert-OH is 1. The fourth-order valence-electron chi connectivity index (χ4n) is 4.34. The van der Waals surface area contributed by atoms with Crippen molar-refractivity contribution in [3.63, 3.8) is 0 Å². The molecule has 34 heavy (non-hydrogen) atoms. The van der Waals surface area contributed by atoms with Gasteiger partial charge in [0.25, 0.3) is 11.7 Å². The third kappa shape index (κ3) is 4.21. The highest BCUT2D eigenvalue weighted by molar-refractivity contribution is 6.51. The van der Waals surface area contributed by atoms with Gasteiger partial charge in [-0.05, 0) is 48.2 Å². The van der Waals surface area contributed by atoms with Gasteiger partial charge in [0.15, 0.2) is 0 Å². The molecule has 0 radical (unpaired) electrons. The number of aliphatic hydroxyl groups is 1. The summed E-state index contributed by atoms with van der Waals surface area (Å²) in [7, 11) is 0. The number of Topliss-reactive ketones (excluding diaryl/α,β-unsaturated/α-hetero) is 1. The van der Waals surface area contributed by atoms with Crippen LogP contribution in [0.4, 0.5) is 5.69 Å². The Kier molecular flexibility index (Phi) is 6.29. The van der Waals surface area contributed by atoms with Crippen LogP contribution in [0.1, 0.15) is 50.4 Å². The molecule has 3 aromatic rings. The van der Waals surface area contributed by atoms with Gasteiger partial charge in [0.2, 0.25) is 0 Å². The number of carbonyl (C=O) groups excluding carboxylic acids is 2. The molecule has 174 valence electrons. The van der Waals surface area contributed by atoms with E-state index in [0.29, 0.717) is 17.9 Å². The highest BCUT2D eigenvalue weighted by Crippen LogP contribution is 2.43. The summed E-state index contributed by atoms with van der Waals surface area (Å²) >= 11 is 0. The van der Waals surface area contributed by atoms with Gasteiger partial charge < -0.3 is 9.84 Å². The van der Waals surface area contributed by atoms with Gasteiger partial charge in [-0.1, -0.05) is 69.3 Å². The van der Waals surface area contributed by atoms with E-state index >= 15 is 0 Å². The van der Waals surface area contributed by atoms with Crippen molar-refractivity contribution in [2.24, 2.45) is 0 Å². The number of hydrogen-bond acceptors (Lipinski definition) is 4. The fraction of sp³-hybridized carbons (Fsp3) is 0.241. The minimum Gasteiger partial charge on any atom is -0.507 e. The number of nitrogens with zero attached hydrogens (tertiary/aromatic N) is 1. The second-order valence-electron chi connectivity index (χ2n) is 9.31. The molecule has 1 unspecified atom stereocenters. The Morgan fingerprint density at radius 3 is 2.15 bits per heavy atom. The van der Waals surface area contributed by atoms with Crippen LogP contribution in [0.15, 0.2) is 84.4 Å². The standard InChI is InChI=1S/C29H29NO4/c1-5-34-23-17-16-20(18-22(23)29(2,3)4)26(31)24-25(19-12-8-6-9-13-19)30(28(33)27(24)32)21-14-10-7-11-15-21/h6-18,25,31H,5H2,1-4H3/b26-24-. The normalized spacial score (nSPS) is 17.8. The Balaban J connectivity index is 1.93. The highest BCUT2D eigenvalue weighted by Gasteiger charge is 2.46. The number of ether oxygens (including phenoxy) is 1. The Hall–Kier alpha value is -3.86. The Morgan fingerprint density at radius 2 is 1.56 bits per heavy atom. The Morgan fingerprint density at radius 1 is 0.941 bits per heavy atom. The first-order chi connectivity index (χ1) is 16.2. The lowest BCUT2D eigenvalue weighted by Crippen LogP contribution is -2.29. The molecule has 0 spiro atoms. The van der Waals surface area contributed by atoms with Gasteiger partial charge >= 0.3 is 0 Å². The molecule has 0 saturated carbocycles. The molecule has 1 aliphatic heterocycles. The molecule has 0 aliphatic carbocycles. The fourth-order valence-corrected chi connectivity index (χ4v) is 4.34. The molecule has 0 bridgehead atoms. The van der Waals surface area contributed by atoms with Crippen molar-refractivity contribution >= 4 is 23.1 Å². The second-order valence-corrected chi connectivity index (χ2v) is 9.31. The molecule has 5 heteroatoms. The van der Waals surface area contributed by atoms with Gasteiger partial charge in [0.05, 0.1) is 18.2 Å². The molecule has 1 aliphatic rings. The number of hydrogen-bond donors (Lipinski definition) is 1. The minimum absolute atomic E-state index is 0.0732. The first-order valence-corrected chi connectivity index (χ1v) is 11.4. The molecule has 1 saturated heterocycles. The lowest BCUT2D eigenvalue weighted by molar-refractivity contribution is -0.132. The first-order valence-electron chi connectivity index (χ1n) is 11.4. The topological polar surface area (TPSA) is 66.8 Å². The van der Waals surface area contributed by atoms with Crippen LogP contribution < -0.4 is 9.64 Å². The molecular weight excluding hydrogens is 426 g/mol. The number of ketones is 1. The van der Waals surface area contributed by atoms with Gasteiger partial charge in [-0.2, -0.15) is 0 Å². The maximum atomic E-state index is 13.3. The van der Waals surface area contributed by atoms with Crippen LogP contribution in [0, 0.1) is 0 Å². The van der Waals surface area contributed by atoms with E-state index in [-0.39, 0.29) is 16.7 Å². The largest absolute Gasteiger partial charge is 0.507 e. The average molecular weight is 456 g/mol. The number of rotatable bonds is 5. The summed E-state index contributed by atoms with van der Waals surface area (Å²) in [5.74, 6) is -0.833. The summed E-state index contributed by atoms with van der Waals surface area (Å²) in [6, 6.07) is 23.0. The predicted molar refractivity (Wildman–Crippen MR) is 134 cm³/mol. The number of carbonyl (C=O) groups is 2. The van der Waals surface area contributed by atoms with Crippen LogP contribution in [0.25, 0.3) is 5.76 Å².